The van der Waals surface area contributed by atoms with Crippen LogP contribution in [0, 0.1) is 11.6 Å². The minimum atomic E-state index is -0.979. The molecule has 0 bridgehead atoms. The molecule has 7 heteroatoms. The number of amides is 1. The molecular formula is C17H21F2NO4. The highest BCUT2D eigenvalue weighted by Gasteiger charge is 2.36. The predicted octanol–water partition coefficient (Wildman–Crippen LogP) is 2.55. The molecule has 1 amide bonds. The average Bonchev–Trinajstić information content (AvgIpc) is 2.89. The Labute approximate surface area is 139 Å². The fourth-order valence-corrected chi connectivity index (χ4v) is 3.14. The number of hydrogen-bond donors (Lipinski definition) is 1. The first-order valence-electron chi connectivity index (χ1n) is 7.80. The summed E-state index contributed by atoms with van der Waals surface area (Å²) in [6, 6.07) is 2.86. The molecule has 24 heavy (non-hydrogen) atoms. The molecule has 5 nitrogen and oxygen atoms in total. The lowest BCUT2D eigenvalue weighted by molar-refractivity contribution is -0.140. The Morgan fingerprint density at radius 2 is 2.12 bits per heavy atom. The van der Waals surface area contributed by atoms with Crippen LogP contribution >= 0.6 is 0 Å². The number of carbonyl (C=O) groups excluding carboxylic acids is 1. The SMILES string of the molecule is COC1CC(CC(=O)O)N(C(=O)CC(C)c2ccc(F)cc2F)C1. The Hall–Kier alpha value is -2.02. The van der Waals surface area contributed by atoms with Crippen LogP contribution in [0.4, 0.5) is 8.78 Å². The van der Waals surface area contributed by atoms with Crippen molar-refractivity contribution in [3.8, 4) is 0 Å². The zero-order chi connectivity index (χ0) is 17.9. The van der Waals surface area contributed by atoms with Gasteiger partial charge in [0.05, 0.1) is 12.5 Å². The van der Waals surface area contributed by atoms with Gasteiger partial charge in [-0.25, -0.2) is 8.78 Å². The number of carboxylic acids is 1. The van der Waals surface area contributed by atoms with Crippen LogP contribution in [0.25, 0.3) is 0 Å². The zero-order valence-corrected chi connectivity index (χ0v) is 13.7. The molecule has 1 aliphatic heterocycles. The number of rotatable bonds is 6. The van der Waals surface area contributed by atoms with Gasteiger partial charge >= 0.3 is 5.97 Å². The van der Waals surface area contributed by atoms with E-state index < -0.39 is 29.6 Å². The Morgan fingerprint density at radius 1 is 1.42 bits per heavy atom. The van der Waals surface area contributed by atoms with Gasteiger partial charge in [0.1, 0.15) is 11.6 Å². The average molecular weight is 341 g/mol. The molecule has 1 N–H and O–H groups in total. The van der Waals surface area contributed by atoms with Crippen molar-refractivity contribution in [3.63, 3.8) is 0 Å². The fourth-order valence-electron chi connectivity index (χ4n) is 3.14. The van der Waals surface area contributed by atoms with E-state index in [1.54, 1.807) is 6.92 Å². The third-order valence-electron chi connectivity index (χ3n) is 4.41. The van der Waals surface area contributed by atoms with Crippen molar-refractivity contribution in [2.75, 3.05) is 13.7 Å². The Bertz CT molecular complexity index is 623. The normalized spacial score (nSPS) is 21.8. The fraction of sp³-hybridized carbons (Fsp3) is 0.529. The smallest absolute Gasteiger partial charge is 0.305 e. The molecular weight excluding hydrogens is 320 g/mol. The summed E-state index contributed by atoms with van der Waals surface area (Å²) >= 11 is 0. The monoisotopic (exact) mass is 341 g/mol. The van der Waals surface area contributed by atoms with Crippen LogP contribution in [-0.2, 0) is 14.3 Å². The lowest BCUT2D eigenvalue weighted by Crippen LogP contribution is -2.37. The second kappa shape index (κ2) is 7.70. The predicted molar refractivity (Wildman–Crippen MR) is 82.6 cm³/mol. The molecule has 3 unspecified atom stereocenters. The maximum absolute atomic E-state index is 13.8. The van der Waals surface area contributed by atoms with E-state index in [4.69, 9.17) is 9.84 Å². The van der Waals surface area contributed by atoms with Crippen molar-refractivity contribution in [1.82, 2.24) is 4.90 Å². The van der Waals surface area contributed by atoms with Crippen molar-refractivity contribution < 1.29 is 28.2 Å². The number of aliphatic carboxylic acids is 1. The highest BCUT2D eigenvalue weighted by molar-refractivity contribution is 5.79. The summed E-state index contributed by atoms with van der Waals surface area (Å²) in [6.45, 7) is 2.01. The summed E-state index contributed by atoms with van der Waals surface area (Å²) in [5, 5.41) is 8.99. The maximum Gasteiger partial charge on any atom is 0.305 e. The quantitative estimate of drug-likeness (QED) is 0.863. The van der Waals surface area contributed by atoms with Crippen LogP contribution in [0.15, 0.2) is 18.2 Å². The van der Waals surface area contributed by atoms with Gasteiger partial charge in [-0.15, -0.1) is 0 Å². The van der Waals surface area contributed by atoms with E-state index in [9.17, 15) is 18.4 Å². The third kappa shape index (κ3) is 4.29. The van der Waals surface area contributed by atoms with Crippen molar-refractivity contribution in [1.29, 1.82) is 0 Å². The first-order valence-corrected chi connectivity index (χ1v) is 7.80. The molecule has 1 saturated heterocycles. The van der Waals surface area contributed by atoms with Gasteiger partial charge in [-0.3, -0.25) is 9.59 Å². The topological polar surface area (TPSA) is 66.8 Å². The minimum Gasteiger partial charge on any atom is -0.481 e. The number of methoxy groups -OCH3 is 1. The Kier molecular flexibility index (Phi) is 5.88. The second-order valence-corrected chi connectivity index (χ2v) is 6.16. The van der Waals surface area contributed by atoms with Crippen LogP contribution in [0.1, 0.15) is 37.7 Å². The molecule has 0 aromatic heterocycles. The van der Waals surface area contributed by atoms with Crippen molar-refractivity contribution in [3.05, 3.63) is 35.4 Å². The molecule has 1 heterocycles. The summed E-state index contributed by atoms with van der Waals surface area (Å²) in [6.07, 6.45) is 0.143. The summed E-state index contributed by atoms with van der Waals surface area (Å²) in [7, 11) is 1.52. The highest BCUT2D eigenvalue weighted by atomic mass is 19.1. The van der Waals surface area contributed by atoms with Crippen molar-refractivity contribution in [2.45, 2.75) is 44.2 Å². The molecule has 1 fully saturated rings. The number of halogens is 2. The van der Waals surface area contributed by atoms with E-state index in [0.717, 1.165) is 12.1 Å². The number of likely N-dealkylation sites (tertiary alicyclic amines) is 1. The van der Waals surface area contributed by atoms with E-state index in [2.05, 4.69) is 0 Å². The van der Waals surface area contributed by atoms with E-state index in [1.165, 1.54) is 18.1 Å². The van der Waals surface area contributed by atoms with Gasteiger partial charge in [-0.05, 0) is 24.0 Å². The number of carbonyl (C=O) groups is 2. The lowest BCUT2D eigenvalue weighted by atomic mass is 9.96. The van der Waals surface area contributed by atoms with Gasteiger partial charge in [0.15, 0.2) is 0 Å². The molecule has 1 aromatic rings. The molecule has 2 rings (SSSR count). The molecule has 132 valence electrons. The number of nitrogens with zero attached hydrogens (tertiary/aromatic N) is 1. The van der Waals surface area contributed by atoms with Gasteiger partial charge in [0.2, 0.25) is 5.91 Å². The number of hydrogen-bond acceptors (Lipinski definition) is 3. The van der Waals surface area contributed by atoms with Gasteiger partial charge in [-0.1, -0.05) is 13.0 Å². The molecule has 1 aromatic carbocycles. The third-order valence-corrected chi connectivity index (χ3v) is 4.41. The molecule has 0 spiro atoms. The summed E-state index contributed by atoms with van der Waals surface area (Å²) in [4.78, 5) is 25.0. The largest absolute Gasteiger partial charge is 0.481 e. The molecule has 0 saturated carbocycles. The summed E-state index contributed by atoms with van der Waals surface area (Å²) < 4.78 is 32.1. The van der Waals surface area contributed by atoms with Crippen molar-refractivity contribution >= 4 is 11.9 Å². The minimum absolute atomic E-state index is 0.0229. The Balaban J connectivity index is 2.07. The maximum atomic E-state index is 13.8. The van der Waals surface area contributed by atoms with Gasteiger partial charge in [0.25, 0.3) is 0 Å². The molecule has 1 aliphatic rings. The first-order chi connectivity index (χ1) is 11.3. The summed E-state index contributed by atoms with van der Waals surface area (Å²) in [5.74, 6) is -3.03. The molecule has 3 atom stereocenters. The number of benzene rings is 1. The van der Waals surface area contributed by atoms with Crippen LogP contribution in [0.5, 0.6) is 0 Å². The number of carboxylic acid groups (broad SMARTS) is 1. The molecule has 0 radical (unpaired) electrons. The number of ether oxygens (including phenoxy) is 1. The standard InChI is InChI=1S/C17H21F2NO4/c1-10(14-4-3-11(18)6-15(14)19)5-16(21)20-9-13(24-2)7-12(20)8-17(22)23/h3-4,6,10,12-13H,5,7-9H2,1-2H3,(H,22,23). The Morgan fingerprint density at radius 3 is 2.71 bits per heavy atom. The van der Waals surface area contributed by atoms with Crippen LogP contribution in [0.2, 0.25) is 0 Å². The van der Waals surface area contributed by atoms with Crippen LogP contribution in [0.3, 0.4) is 0 Å². The molecule has 0 aliphatic carbocycles. The first kappa shape index (κ1) is 18.3. The van der Waals surface area contributed by atoms with Crippen molar-refractivity contribution in [2.24, 2.45) is 0 Å². The van der Waals surface area contributed by atoms with Gasteiger partial charge in [-0.2, -0.15) is 0 Å². The van der Waals surface area contributed by atoms with Crippen LogP contribution < -0.4 is 0 Å². The second-order valence-electron chi connectivity index (χ2n) is 6.16. The van der Waals surface area contributed by atoms with E-state index in [0.29, 0.717) is 13.0 Å². The summed E-state index contributed by atoms with van der Waals surface area (Å²) in [5.41, 5.74) is 0.266. The lowest BCUT2D eigenvalue weighted by Gasteiger charge is -2.25. The van der Waals surface area contributed by atoms with E-state index >= 15 is 0 Å². The van der Waals surface area contributed by atoms with Gasteiger partial charge < -0.3 is 14.7 Å². The van der Waals surface area contributed by atoms with Crippen LogP contribution in [-0.4, -0.2) is 47.7 Å². The van der Waals surface area contributed by atoms with E-state index in [1.807, 2.05) is 0 Å². The zero-order valence-electron chi connectivity index (χ0n) is 13.7. The van der Waals surface area contributed by atoms with Gasteiger partial charge in [0, 0.05) is 32.2 Å². The van der Waals surface area contributed by atoms with E-state index in [-0.39, 0.29) is 30.4 Å². The highest BCUT2D eigenvalue weighted by Crippen LogP contribution is 2.28.